The Morgan fingerprint density at radius 3 is 2.85 bits per heavy atom. The van der Waals surface area contributed by atoms with Crippen molar-refractivity contribution < 1.29 is 9.21 Å². The highest BCUT2D eigenvalue weighted by Gasteiger charge is 2.33. The lowest BCUT2D eigenvalue weighted by Crippen LogP contribution is -2.48. The first kappa shape index (κ1) is 17.9. The summed E-state index contributed by atoms with van der Waals surface area (Å²) < 4.78 is 5.65. The second kappa shape index (κ2) is 7.29. The third kappa shape index (κ3) is 3.55. The number of carbonyl (C=O) groups excluding carboxylic acids is 1. The lowest BCUT2D eigenvalue weighted by atomic mass is 9.95. The van der Waals surface area contributed by atoms with E-state index >= 15 is 0 Å². The van der Waals surface area contributed by atoms with Gasteiger partial charge in [-0.05, 0) is 57.6 Å². The van der Waals surface area contributed by atoms with Crippen molar-refractivity contribution in [1.29, 1.82) is 0 Å². The maximum Gasteiger partial charge on any atom is 0.278 e. The van der Waals surface area contributed by atoms with Gasteiger partial charge in [0.15, 0.2) is 10.8 Å². The molecular weight excluding hydrogens is 358 g/mol. The van der Waals surface area contributed by atoms with Gasteiger partial charge in [0.2, 0.25) is 0 Å². The number of amides is 1. The standard InChI is InChI=1S/C21H23N3O2S/c1-14-8-11-19(26-14)20-22-17(13-27-20)21(25)24-16(12-23(2)3)10-9-15-6-4-5-7-18(15)24/h4-8,11,13,16H,9-10,12H2,1-3H3/t16-/m1/s1. The number of thiazole rings is 1. The van der Waals surface area contributed by atoms with E-state index in [1.165, 1.54) is 16.9 Å². The molecule has 0 spiro atoms. The number of anilines is 1. The van der Waals surface area contributed by atoms with E-state index in [0.29, 0.717) is 11.5 Å². The number of furan rings is 1. The summed E-state index contributed by atoms with van der Waals surface area (Å²) in [5.41, 5.74) is 2.70. The first-order valence-electron chi connectivity index (χ1n) is 9.11. The van der Waals surface area contributed by atoms with Gasteiger partial charge >= 0.3 is 0 Å². The zero-order valence-electron chi connectivity index (χ0n) is 15.8. The van der Waals surface area contributed by atoms with Gasteiger partial charge < -0.3 is 14.2 Å². The molecule has 0 aliphatic carbocycles. The highest BCUT2D eigenvalue weighted by atomic mass is 32.1. The topological polar surface area (TPSA) is 49.6 Å². The Bertz CT molecular complexity index is 960. The molecule has 1 aromatic carbocycles. The maximum atomic E-state index is 13.4. The number of benzene rings is 1. The number of likely N-dealkylation sites (N-methyl/N-ethyl adjacent to an activating group) is 1. The molecule has 5 nitrogen and oxygen atoms in total. The van der Waals surface area contributed by atoms with E-state index in [0.717, 1.165) is 35.8 Å². The molecule has 3 aromatic rings. The van der Waals surface area contributed by atoms with Gasteiger partial charge in [0.05, 0.1) is 6.04 Å². The van der Waals surface area contributed by atoms with Gasteiger partial charge in [-0.2, -0.15) is 0 Å². The Balaban J connectivity index is 1.68. The summed E-state index contributed by atoms with van der Waals surface area (Å²) in [6.07, 6.45) is 1.95. The zero-order chi connectivity index (χ0) is 19.0. The Kier molecular flexibility index (Phi) is 4.85. The molecule has 0 N–H and O–H groups in total. The molecule has 1 aliphatic rings. The maximum absolute atomic E-state index is 13.4. The molecule has 0 bridgehead atoms. The van der Waals surface area contributed by atoms with Crippen LogP contribution in [-0.4, -0.2) is 42.5 Å². The average molecular weight is 382 g/mol. The lowest BCUT2D eigenvalue weighted by molar-refractivity contribution is 0.0964. The fourth-order valence-electron chi connectivity index (χ4n) is 3.63. The molecule has 3 heterocycles. The van der Waals surface area contributed by atoms with E-state index in [1.54, 1.807) is 0 Å². The molecule has 6 heteroatoms. The predicted molar refractivity (Wildman–Crippen MR) is 108 cm³/mol. The highest BCUT2D eigenvalue weighted by Crippen LogP contribution is 2.33. The summed E-state index contributed by atoms with van der Waals surface area (Å²) in [5.74, 6) is 1.50. The molecule has 140 valence electrons. The van der Waals surface area contributed by atoms with Crippen molar-refractivity contribution in [3.63, 3.8) is 0 Å². The third-order valence-electron chi connectivity index (χ3n) is 4.83. The summed E-state index contributed by atoms with van der Waals surface area (Å²) in [6, 6.07) is 12.1. The fourth-order valence-corrected chi connectivity index (χ4v) is 4.39. The van der Waals surface area contributed by atoms with Crippen molar-refractivity contribution in [1.82, 2.24) is 9.88 Å². The van der Waals surface area contributed by atoms with Gasteiger partial charge in [-0.15, -0.1) is 11.3 Å². The Morgan fingerprint density at radius 2 is 2.11 bits per heavy atom. The van der Waals surface area contributed by atoms with Crippen LogP contribution in [0.2, 0.25) is 0 Å². The van der Waals surface area contributed by atoms with Crippen LogP contribution in [0.3, 0.4) is 0 Å². The summed E-state index contributed by atoms with van der Waals surface area (Å²) in [4.78, 5) is 22.1. The van der Waals surface area contributed by atoms with Crippen molar-refractivity contribution in [3.8, 4) is 10.8 Å². The molecule has 27 heavy (non-hydrogen) atoms. The molecule has 1 atom stereocenters. The molecule has 0 saturated carbocycles. The molecule has 2 aromatic heterocycles. The molecule has 0 fully saturated rings. The van der Waals surface area contributed by atoms with Crippen LogP contribution in [0.25, 0.3) is 10.8 Å². The number of carbonyl (C=O) groups is 1. The Labute approximate surface area is 163 Å². The van der Waals surface area contributed by atoms with Crippen molar-refractivity contribution in [2.75, 3.05) is 25.5 Å². The second-order valence-electron chi connectivity index (χ2n) is 7.21. The van der Waals surface area contributed by atoms with Crippen molar-refractivity contribution >= 4 is 22.9 Å². The van der Waals surface area contributed by atoms with Crippen LogP contribution in [0.5, 0.6) is 0 Å². The SMILES string of the molecule is Cc1ccc(-c2nc(C(=O)N3c4ccccc4CC[C@@H]3CN(C)C)cs2)o1. The fraction of sp³-hybridized carbons (Fsp3) is 0.333. The van der Waals surface area contributed by atoms with Crippen molar-refractivity contribution in [3.05, 3.63) is 58.8 Å². The summed E-state index contributed by atoms with van der Waals surface area (Å²) >= 11 is 1.44. The quantitative estimate of drug-likeness (QED) is 0.678. The summed E-state index contributed by atoms with van der Waals surface area (Å²) in [7, 11) is 4.09. The van der Waals surface area contributed by atoms with E-state index in [9.17, 15) is 4.79 Å². The lowest BCUT2D eigenvalue weighted by Gasteiger charge is -2.38. The van der Waals surface area contributed by atoms with Crippen molar-refractivity contribution in [2.45, 2.75) is 25.8 Å². The van der Waals surface area contributed by atoms with E-state index in [-0.39, 0.29) is 11.9 Å². The smallest absolute Gasteiger partial charge is 0.278 e. The summed E-state index contributed by atoms with van der Waals surface area (Å²) in [6.45, 7) is 2.73. The van der Waals surface area contributed by atoms with E-state index < -0.39 is 0 Å². The Hall–Kier alpha value is -2.44. The monoisotopic (exact) mass is 381 g/mol. The van der Waals surface area contributed by atoms with Crippen LogP contribution in [-0.2, 0) is 6.42 Å². The molecule has 0 saturated heterocycles. The van der Waals surface area contributed by atoms with Gasteiger partial charge in [0, 0.05) is 17.6 Å². The molecule has 1 aliphatic heterocycles. The van der Waals surface area contributed by atoms with Crippen LogP contribution in [0.1, 0.15) is 28.2 Å². The predicted octanol–water partition coefficient (Wildman–Crippen LogP) is 4.23. The van der Waals surface area contributed by atoms with Crippen LogP contribution < -0.4 is 4.90 Å². The van der Waals surface area contributed by atoms with E-state index in [1.807, 2.05) is 61.6 Å². The third-order valence-corrected chi connectivity index (χ3v) is 5.69. The number of rotatable bonds is 4. The molecule has 0 radical (unpaired) electrons. The van der Waals surface area contributed by atoms with Gasteiger partial charge in [-0.25, -0.2) is 4.98 Å². The number of aryl methyl sites for hydroxylation is 2. The number of hydrogen-bond donors (Lipinski definition) is 0. The minimum absolute atomic E-state index is 0.0419. The molecule has 1 amide bonds. The summed E-state index contributed by atoms with van der Waals surface area (Å²) in [5, 5.41) is 2.57. The van der Waals surface area contributed by atoms with E-state index in [2.05, 4.69) is 16.0 Å². The van der Waals surface area contributed by atoms with Crippen LogP contribution >= 0.6 is 11.3 Å². The zero-order valence-corrected chi connectivity index (χ0v) is 16.6. The minimum Gasteiger partial charge on any atom is -0.459 e. The molecular formula is C21H23N3O2S. The van der Waals surface area contributed by atoms with Gasteiger partial charge in [0.25, 0.3) is 5.91 Å². The largest absolute Gasteiger partial charge is 0.459 e. The van der Waals surface area contributed by atoms with Crippen LogP contribution in [0.4, 0.5) is 5.69 Å². The van der Waals surface area contributed by atoms with Gasteiger partial charge in [-0.3, -0.25) is 4.79 Å². The van der Waals surface area contributed by atoms with Crippen molar-refractivity contribution in [2.24, 2.45) is 0 Å². The van der Waals surface area contributed by atoms with Gasteiger partial charge in [0.1, 0.15) is 11.5 Å². The number of fused-ring (bicyclic) bond motifs is 1. The molecule has 4 rings (SSSR count). The number of hydrogen-bond acceptors (Lipinski definition) is 5. The Morgan fingerprint density at radius 1 is 1.30 bits per heavy atom. The van der Waals surface area contributed by atoms with Gasteiger partial charge in [-0.1, -0.05) is 18.2 Å². The first-order chi connectivity index (χ1) is 13.0. The van der Waals surface area contributed by atoms with Crippen LogP contribution in [0.15, 0.2) is 46.2 Å². The number of aromatic nitrogens is 1. The van der Waals surface area contributed by atoms with Crippen LogP contribution in [0, 0.1) is 6.92 Å². The molecule has 0 unspecified atom stereocenters. The minimum atomic E-state index is -0.0419. The first-order valence-corrected chi connectivity index (χ1v) is 9.99. The normalized spacial score (nSPS) is 16.6. The van der Waals surface area contributed by atoms with E-state index in [4.69, 9.17) is 4.42 Å². The second-order valence-corrected chi connectivity index (χ2v) is 8.06. The number of para-hydroxylation sites is 1. The highest BCUT2D eigenvalue weighted by molar-refractivity contribution is 7.13. The average Bonchev–Trinajstić information content (AvgIpc) is 3.29. The number of nitrogens with zero attached hydrogens (tertiary/aromatic N) is 3.